The number of hydrogen-bond donors (Lipinski definition) is 1. The molecule has 0 aliphatic carbocycles. The number of likely N-dealkylation sites (tertiary alicyclic amines) is 1. The van der Waals surface area contributed by atoms with Crippen LogP contribution < -0.4 is 0 Å². The number of ether oxygens (including phenoxy) is 2. The van der Waals surface area contributed by atoms with E-state index in [1.807, 2.05) is 0 Å². The minimum atomic E-state index is -4.34. The highest BCUT2D eigenvalue weighted by molar-refractivity contribution is 7.47. The molecule has 0 radical (unpaired) electrons. The number of hydrogen-bond acceptors (Lipinski definition) is 6. The molecule has 0 saturated carbocycles. The van der Waals surface area contributed by atoms with Gasteiger partial charge in [0.1, 0.15) is 11.8 Å². The van der Waals surface area contributed by atoms with Gasteiger partial charge in [-0.05, 0) is 25.7 Å². The fraction of sp³-hybridized carbons (Fsp3) is 0.900. The molecule has 9 heteroatoms. The van der Waals surface area contributed by atoms with E-state index in [2.05, 4.69) is 21.0 Å². The number of carbonyl (C=O) groups excluding carboxylic acids is 1. The Morgan fingerprint density at radius 1 is 0.897 bits per heavy atom. The molecule has 0 aromatic carbocycles. The number of allylic oxidation sites excluding steroid dienone is 1. The number of phosphoric ester groups is 1. The molecule has 1 aliphatic rings. The average Bonchev–Trinajstić information content (AvgIpc) is 3.05. The maximum Gasteiger partial charge on any atom is 0.527 e. The average molecular weight is 577 g/mol. The van der Waals surface area contributed by atoms with Crippen LogP contribution in [0, 0.1) is 0 Å². The molecule has 8 nitrogen and oxygen atoms in total. The van der Waals surface area contributed by atoms with E-state index < -0.39 is 19.9 Å². The van der Waals surface area contributed by atoms with Crippen LogP contribution in [0.1, 0.15) is 129 Å². The van der Waals surface area contributed by atoms with Crippen LogP contribution >= 0.6 is 7.82 Å². The van der Waals surface area contributed by atoms with Gasteiger partial charge in [0.25, 0.3) is 0 Å². The zero-order valence-corrected chi connectivity index (χ0v) is 26.4. The van der Waals surface area contributed by atoms with Crippen molar-refractivity contribution in [2.75, 3.05) is 40.5 Å². The second-order valence-corrected chi connectivity index (χ2v) is 13.0. The fourth-order valence-electron chi connectivity index (χ4n) is 4.94. The highest BCUT2D eigenvalue weighted by Gasteiger charge is 2.29. The first-order valence-corrected chi connectivity index (χ1v) is 17.1. The van der Waals surface area contributed by atoms with Gasteiger partial charge in [0.15, 0.2) is 6.26 Å². The van der Waals surface area contributed by atoms with E-state index in [0.29, 0.717) is 11.1 Å². The maximum absolute atomic E-state index is 12.4. The summed E-state index contributed by atoms with van der Waals surface area (Å²) in [4.78, 5) is 21.6. The minimum absolute atomic E-state index is 0.114. The summed E-state index contributed by atoms with van der Waals surface area (Å²) in [5.74, 6) is -0.489. The van der Waals surface area contributed by atoms with Gasteiger partial charge in [0, 0.05) is 20.0 Å². The van der Waals surface area contributed by atoms with Crippen LogP contribution in [0.4, 0.5) is 0 Å². The van der Waals surface area contributed by atoms with Crippen LogP contribution in [-0.2, 0) is 27.9 Å². The van der Waals surface area contributed by atoms with Crippen molar-refractivity contribution in [3.8, 4) is 0 Å². The third-order valence-corrected chi connectivity index (χ3v) is 8.30. The molecule has 1 rings (SSSR count). The molecule has 39 heavy (non-hydrogen) atoms. The lowest BCUT2D eigenvalue weighted by atomic mass is 10.0. The highest BCUT2D eigenvalue weighted by atomic mass is 31.2. The minimum Gasteiger partial charge on any atom is -0.458 e. The molecule has 0 bridgehead atoms. The lowest BCUT2D eigenvalue weighted by Crippen LogP contribution is -2.38. The Balaban J connectivity index is 2.17. The Kier molecular flexibility index (Phi) is 20.2. The predicted molar refractivity (Wildman–Crippen MR) is 157 cm³/mol. The molecule has 0 amide bonds. The lowest BCUT2D eigenvalue weighted by molar-refractivity contribution is -0.853. The molecule has 1 fully saturated rings. The van der Waals surface area contributed by atoms with Crippen LogP contribution in [0.15, 0.2) is 12.0 Å². The topological polar surface area (TPSA) is 91.3 Å². The standard InChI is InChI=1S/C30H58NO7P/c1-5-6-7-8-9-10-11-12-13-14-15-16-17-21-24-35-26-30(38-28(2)32)27-37-39(33,34)36-25-29-22-19-18-20-23-31(29,3)4/h25,30H,5-24,26-27H2,1-4H3/p+1. The maximum atomic E-state index is 12.4. The summed E-state index contributed by atoms with van der Waals surface area (Å²) < 4.78 is 34.3. The van der Waals surface area contributed by atoms with Gasteiger partial charge in [-0.3, -0.25) is 18.7 Å². The summed E-state index contributed by atoms with van der Waals surface area (Å²) in [6.45, 7) is 4.92. The first-order valence-electron chi connectivity index (χ1n) is 15.6. The number of quaternary nitrogens is 1. The first-order chi connectivity index (χ1) is 18.7. The van der Waals surface area contributed by atoms with E-state index in [4.69, 9.17) is 18.5 Å². The molecule has 0 spiro atoms. The number of nitrogens with zero attached hydrogens (tertiary/aromatic N) is 1. The second kappa shape index (κ2) is 21.8. The highest BCUT2D eigenvalue weighted by Crippen LogP contribution is 2.44. The summed E-state index contributed by atoms with van der Waals surface area (Å²) in [6, 6.07) is 0. The molecule has 1 aliphatic heterocycles. The van der Waals surface area contributed by atoms with Gasteiger partial charge in [-0.25, -0.2) is 4.57 Å². The molecular formula is C30H59NO7P+. The van der Waals surface area contributed by atoms with Gasteiger partial charge >= 0.3 is 13.8 Å². The van der Waals surface area contributed by atoms with Crippen LogP contribution in [-0.4, -0.2) is 61.9 Å². The van der Waals surface area contributed by atoms with Crippen molar-refractivity contribution >= 4 is 13.8 Å². The molecule has 230 valence electrons. The van der Waals surface area contributed by atoms with Crippen molar-refractivity contribution in [3.63, 3.8) is 0 Å². The van der Waals surface area contributed by atoms with Gasteiger partial charge in [0.05, 0.1) is 33.9 Å². The normalized spacial score (nSPS) is 18.8. The van der Waals surface area contributed by atoms with Crippen molar-refractivity contribution < 1.29 is 37.3 Å². The van der Waals surface area contributed by atoms with Crippen LogP contribution in [0.2, 0.25) is 0 Å². The molecule has 0 aromatic heterocycles. The predicted octanol–water partition coefficient (Wildman–Crippen LogP) is 8.04. The first kappa shape index (κ1) is 36.1. The quantitative estimate of drug-likeness (QED) is 0.0433. The van der Waals surface area contributed by atoms with Gasteiger partial charge in [-0.1, -0.05) is 90.4 Å². The van der Waals surface area contributed by atoms with Gasteiger partial charge in [0.2, 0.25) is 0 Å². The molecule has 2 atom stereocenters. The lowest BCUT2D eigenvalue weighted by Gasteiger charge is -2.29. The third-order valence-electron chi connectivity index (χ3n) is 7.45. The van der Waals surface area contributed by atoms with Crippen molar-refractivity contribution in [1.29, 1.82) is 0 Å². The smallest absolute Gasteiger partial charge is 0.458 e. The molecule has 1 saturated heterocycles. The number of rotatable bonds is 23. The Morgan fingerprint density at radius 3 is 2.03 bits per heavy atom. The van der Waals surface area contributed by atoms with E-state index in [-0.39, 0.29) is 13.2 Å². The Labute approximate surface area is 239 Å². The molecular weight excluding hydrogens is 517 g/mol. The van der Waals surface area contributed by atoms with Crippen LogP contribution in [0.25, 0.3) is 0 Å². The Bertz CT molecular complexity index is 713. The zero-order valence-electron chi connectivity index (χ0n) is 25.5. The molecule has 1 N–H and O–H groups in total. The van der Waals surface area contributed by atoms with E-state index in [1.54, 1.807) is 0 Å². The second-order valence-electron chi connectivity index (χ2n) is 11.6. The van der Waals surface area contributed by atoms with Gasteiger partial charge < -0.3 is 14.0 Å². The van der Waals surface area contributed by atoms with Crippen molar-refractivity contribution in [1.82, 2.24) is 0 Å². The zero-order chi connectivity index (χ0) is 28.8. The summed E-state index contributed by atoms with van der Waals surface area (Å²) in [7, 11) is -0.206. The van der Waals surface area contributed by atoms with Gasteiger partial charge in [-0.15, -0.1) is 0 Å². The summed E-state index contributed by atoms with van der Waals surface area (Å²) in [5.41, 5.74) is 0.957. The van der Waals surface area contributed by atoms with Crippen LogP contribution in [0.3, 0.4) is 0 Å². The number of phosphoric acid groups is 1. The van der Waals surface area contributed by atoms with E-state index in [0.717, 1.165) is 50.8 Å². The van der Waals surface area contributed by atoms with Crippen LogP contribution in [0.5, 0.6) is 0 Å². The number of esters is 1. The van der Waals surface area contributed by atoms with Crippen molar-refractivity contribution in [2.45, 2.75) is 136 Å². The Hall–Kier alpha value is -0.920. The third kappa shape index (κ3) is 19.7. The largest absolute Gasteiger partial charge is 0.527 e. The van der Waals surface area contributed by atoms with Crippen molar-refractivity contribution in [3.05, 3.63) is 12.0 Å². The van der Waals surface area contributed by atoms with Gasteiger partial charge in [-0.2, -0.15) is 0 Å². The summed E-state index contributed by atoms with van der Waals surface area (Å²) >= 11 is 0. The molecule has 1 heterocycles. The summed E-state index contributed by atoms with van der Waals surface area (Å²) in [6.07, 6.45) is 22.9. The van der Waals surface area contributed by atoms with E-state index in [1.165, 1.54) is 90.2 Å². The molecule has 2 unspecified atom stereocenters. The monoisotopic (exact) mass is 576 g/mol. The number of carbonyl (C=O) groups is 1. The molecule has 0 aromatic rings. The number of unbranched alkanes of at least 4 members (excludes halogenated alkanes) is 13. The van der Waals surface area contributed by atoms with Crippen molar-refractivity contribution in [2.24, 2.45) is 0 Å². The SMILES string of the molecule is CCCCCCCCCCCCCCCCOCC(COP(=O)(O)OC=C1CCCCC[N+]1(C)C)OC(C)=O. The Morgan fingerprint density at radius 2 is 1.46 bits per heavy atom. The van der Waals surface area contributed by atoms with E-state index in [9.17, 15) is 14.3 Å². The summed E-state index contributed by atoms with van der Waals surface area (Å²) in [5, 5.41) is 0. The van der Waals surface area contributed by atoms with E-state index >= 15 is 0 Å². The fourth-order valence-corrected chi connectivity index (χ4v) is 5.61.